The van der Waals surface area contributed by atoms with Crippen molar-refractivity contribution in [3.8, 4) is 11.5 Å². The van der Waals surface area contributed by atoms with Crippen LogP contribution >= 0.6 is 0 Å². The van der Waals surface area contributed by atoms with Crippen LogP contribution in [0.5, 0.6) is 11.5 Å². The van der Waals surface area contributed by atoms with Crippen LogP contribution in [0.1, 0.15) is 50.4 Å². The van der Waals surface area contributed by atoms with Gasteiger partial charge in [-0.1, -0.05) is 26.7 Å². The summed E-state index contributed by atoms with van der Waals surface area (Å²) in [5.74, 6) is 0.851. The van der Waals surface area contributed by atoms with E-state index >= 15 is 0 Å². The zero-order chi connectivity index (χ0) is 17.7. The third kappa shape index (κ3) is 4.58. The molecule has 0 radical (unpaired) electrons. The second-order valence-corrected chi connectivity index (χ2v) is 6.32. The number of nitrogens with one attached hydrogen (secondary N) is 1. The molecule has 1 amide bonds. The Morgan fingerprint density at radius 2 is 2.04 bits per heavy atom. The predicted octanol–water partition coefficient (Wildman–Crippen LogP) is 4.24. The summed E-state index contributed by atoms with van der Waals surface area (Å²) in [5, 5.41) is 3.06. The van der Waals surface area contributed by atoms with Crippen molar-refractivity contribution < 1.29 is 23.0 Å². The first-order chi connectivity index (χ1) is 11.4. The lowest BCUT2D eigenvalue weighted by atomic mass is 9.78. The number of carbonyl (C=O) groups excluding carboxylic acids is 1. The molecular formula is C18H25F2NO3. The van der Waals surface area contributed by atoms with E-state index in [0.29, 0.717) is 24.0 Å². The van der Waals surface area contributed by atoms with Gasteiger partial charge in [0.2, 0.25) is 0 Å². The zero-order valence-corrected chi connectivity index (χ0v) is 14.4. The summed E-state index contributed by atoms with van der Waals surface area (Å²) >= 11 is 0. The highest BCUT2D eigenvalue weighted by atomic mass is 19.3. The fourth-order valence-corrected chi connectivity index (χ4v) is 3.15. The van der Waals surface area contributed by atoms with Crippen molar-refractivity contribution in [3.63, 3.8) is 0 Å². The van der Waals surface area contributed by atoms with E-state index in [-0.39, 0.29) is 23.4 Å². The second-order valence-electron chi connectivity index (χ2n) is 6.32. The molecule has 0 spiro atoms. The molecule has 1 aromatic rings. The van der Waals surface area contributed by atoms with Gasteiger partial charge in [-0.3, -0.25) is 4.79 Å². The topological polar surface area (TPSA) is 47.6 Å². The van der Waals surface area contributed by atoms with Gasteiger partial charge in [0, 0.05) is 11.6 Å². The lowest BCUT2D eigenvalue weighted by Crippen LogP contribution is -2.43. The van der Waals surface area contributed by atoms with Crippen LogP contribution < -0.4 is 14.8 Å². The highest BCUT2D eigenvalue weighted by Gasteiger charge is 2.28. The summed E-state index contributed by atoms with van der Waals surface area (Å²) in [4.78, 5) is 12.5. The van der Waals surface area contributed by atoms with Crippen LogP contribution in [0.2, 0.25) is 0 Å². The van der Waals surface area contributed by atoms with Crippen LogP contribution in [0.3, 0.4) is 0 Å². The number of carbonyl (C=O) groups is 1. The highest BCUT2D eigenvalue weighted by molar-refractivity contribution is 5.95. The van der Waals surface area contributed by atoms with Crippen LogP contribution in [0.25, 0.3) is 0 Å². The third-order valence-electron chi connectivity index (χ3n) is 4.75. The Kier molecular flexibility index (Phi) is 6.40. The molecule has 0 heterocycles. The summed E-state index contributed by atoms with van der Waals surface area (Å²) in [6.07, 6.45) is 3.24. The van der Waals surface area contributed by atoms with E-state index in [0.717, 1.165) is 12.8 Å². The minimum Gasteiger partial charge on any atom is -0.490 e. The number of amides is 1. The van der Waals surface area contributed by atoms with Gasteiger partial charge in [0.15, 0.2) is 11.5 Å². The SMILES string of the molecule is CCOc1cc(C(=O)NC2CCCC(C)C2C)ccc1OC(F)F. The average Bonchev–Trinajstić information content (AvgIpc) is 2.53. The van der Waals surface area contributed by atoms with Crippen molar-refractivity contribution in [2.45, 2.75) is 52.7 Å². The molecule has 1 aromatic carbocycles. The number of ether oxygens (including phenoxy) is 2. The number of hydrogen-bond donors (Lipinski definition) is 1. The van der Waals surface area contributed by atoms with E-state index in [2.05, 4.69) is 23.9 Å². The Balaban J connectivity index is 2.12. The predicted molar refractivity (Wildman–Crippen MR) is 87.7 cm³/mol. The number of alkyl halides is 2. The highest BCUT2D eigenvalue weighted by Crippen LogP contribution is 2.31. The maximum Gasteiger partial charge on any atom is 0.387 e. The van der Waals surface area contributed by atoms with Crippen LogP contribution in [0.4, 0.5) is 8.78 Å². The van der Waals surface area contributed by atoms with Gasteiger partial charge in [0.25, 0.3) is 5.91 Å². The van der Waals surface area contributed by atoms with Crippen LogP contribution in [0, 0.1) is 11.8 Å². The number of halogens is 2. The van der Waals surface area contributed by atoms with Crippen molar-refractivity contribution in [1.82, 2.24) is 5.32 Å². The number of hydrogen-bond acceptors (Lipinski definition) is 3. The molecule has 0 saturated heterocycles. The molecule has 2 rings (SSSR count). The molecule has 4 nitrogen and oxygen atoms in total. The summed E-state index contributed by atoms with van der Waals surface area (Å²) in [6.45, 7) is 3.45. The molecule has 134 valence electrons. The molecule has 6 heteroatoms. The molecule has 1 aliphatic carbocycles. The van der Waals surface area contributed by atoms with Gasteiger partial charge in [-0.05, 0) is 43.4 Å². The first-order valence-electron chi connectivity index (χ1n) is 8.44. The molecule has 0 aliphatic heterocycles. The Hall–Kier alpha value is -1.85. The molecule has 3 unspecified atom stereocenters. The molecule has 1 N–H and O–H groups in total. The van der Waals surface area contributed by atoms with Crippen molar-refractivity contribution in [3.05, 3.63) is 23.8 Å². The average molecular weight is 341 g/mol. The van der Waals surface area contributed by atoms with Crippen LogP contribution in [-0.2, 0) is 0 Å². The summed E-state index contributed by atoms with van der Waals surface area (Å²) in [6, 6.07) is 4.41. The lowest BCUT2D eigenvalue weighted by molar-refractivity contribution is -0.0514. The summed E-state index contributed by atoms with van der Waals surface area (Å²) in [5.41, 5.74) is 0.380. The standard InChI is InChI=1S/C18H25F2NO3/c1-4-23-16-10-13(8-9-15(16)24-18(19)20)17(22)21-14-7-5-6-11(2)12(14)3/h8-12,14,18H,4-7H2,1-3H3,(H,21,22). The molecule has 1 aliphatic rings. The van der Waals surface area contributed by atoms with Gasteiger partial charge in [-0.2, -0.15) is 8.78 Å². The Morgan fingerprint density at radius 1 is 1.29 bits per heavy atom. The molecule has 0 bridgehead atoms. The maximum absolute atomic E-state index is 12.5. The van der Waals surface area contributed by atoms with Gasteiger partial charge in [0.05, 0.1) is 6.61 Å². The van der Waals surface area contributed by atoms with Gasteiger partial charge >= 0.3 is 6.61 Å². The van der Waals surface area contributed by atoms with Gasteiger partial charge in [-0.15, -0.1) is 0 Å². The van der Waals surface area contributed by atoms with Crippen molar-refractivity contribution in [2.75, 3.05) is 6.61 Å². The first-order valence-corrected chi connectivity index (χ1v) is 8.44. The van der Waals surface area contributed by atoms with Crippen molar-refractivity contribution in [1.29, 1.82) is 0 Å². The largest absolute Gasteiger partial charge is 0.490 e. The Bertz CT molecular complexity index is 565. The second kappa shape index (κ2) is 8.31. The maximum atomic E-state index is 12.5. The van der Waals surface area contributed by atoms with Crippen molar-refractivity contribution >= 4 is 5.91 Å². The molecule has 1 saturated carbocycles. The summed E-state index contributed by atoms with van der Waals surface area (Å²) in [7, 11) is 0. The molecule has 3 atom stereocenters. The number of rotatable bonds is 6. The van der Waals surface area contributed by atoms with E-state index in [1.165, 1.54) is 24.6 Å². The fraction of sp³-hybridized carbons (Fsp3) is 0.611. The number of benzene rings is 1. The quantitative estimate of drug-likeness (QED) is 0.842. The molecular weight excluding hydrogens is 316 g/mol. The van der Waals surface area contributed by atoms with E-state index < -0.39 is 6.61 Å². The minimum atomic E-state index is -2.94. The summed E-state index contributed by atoms with van der Waals surface area (Å²) < 4.78 is 34.6. The zero-order valence-electron chi connectivity index (χ0n) is 14.4. The van der Waals surface area contributed by atoms with E-state index in [1.807, 2.05) is 0 Å². The minimum absolute atomic E-state index is 0.0666. The Morgan fingerprint density at radius 3 is 2.71 bits per heavy atom. The van der Waals surface area contributed by atoms with E-state index in [4.69, 9.17) is 4.74 Å². The van der Waals surface area contributed by atoms with Crippen molar-refractivity contribution in [2.24, 2.45) is 11.8 Å². The van der Waals surface area contributed by atoms with Gasteiger partial charge in [-0.25, -0.2) is 0 Å². The van der Waals surface area contributed by atoms with E-state index in [9.17, 15) is 13.6 Å². The fourth-order valence-electron chi connectivity index (χ4n) is 3.15. The monoisotopic (exact) mass is 341 g/mol. The first kappa shape index (κ1) is 18.5. The van der Waals surface area contributed by atoms with E-state index in [1.54, 1.807) is 6.92 Å². The molecule has 0 aromatic heterocycles. The van der Waals surface area contributed by atoms with Gasteiger partial charge in [0.1, 0.15) is 0 Å². The normalized spacial score (nSPS) is 23.8. The lowest BCUT2D eigenvalue weighted by Gasteiger charge is -2.34. The molecule has 24 heavy (non-hydrogen) atoms. The Labute approximate surface area is 141 Å². The third-order valence-corrected chi connectivity index (χ3v) is 4.75. The van der Waals surface area contributed by atoms with Gasteiger partial charge < -0.3 is 14.8 Å². The molecule has 1 fully saturated rings. The van der Waals surface area contributed by atoms with Crippen LogP contribution in [0.15, 0.2) is 18.2 Å². The van der Waals surface area contributed by atoms with Crippen LogP contribution in [-0.4, -0.2) is 25.2 Å². The smallest absolute Gasteiger partial charge is 0.387 e.